The summed E-state index contributed by atoms with van der Waals surface area (Å²) in [6.07, 6.45) is 0. The fourth-order valence-corrected chi connectivity index (χ4v) is 2.95. The average Bonchev–Trinajstić information content (AvgIpc) is 2.71. The zero-order valence-corrected chi connectivity index (χ0v) is 12.3. The number of rotatable bonds is 7. The lowest BCUT2D eigenvalue weighted by Crippen LogP contribution is -2.29. The van der Waals surface area contributed by atoms with Crippen LogP contribution in [0.3, 0.4) is 0 Å². The number of nitrogens with one attached hydrogen (secondary N) is 1. The highest BCUT2D eigenvalue weighted by Gasteiger charge is 2.17. The first-order chi connectivity index (χ1) is 8.41. The number of hydrogen-bond acceptors (Lipinski definition) is 4. The van der Waals surface area contributed by atoms with E-state index in [2.05, 4.69) is 33.0 Å². The molecule has 0 aliphatic heterocycles. The Kier molecular flexibility index (Phi) is 5.75. The Morgan fingerprint density at radius 2 is 1.89 bits per heavy atom. The largest absolute Gasteiger partial charge is 0.324 e. The van der Waals surface area contributed by atoms with E-state index in [4.69, 9.17) is 0 Å². The van der Waals surface area contributed by atoms with Gasteiger partial charge in [-0.15, -0.1) is 0 Å². The van der Waals surface area contributed by atoms with E-state index < -0.39 is 0 Å². The monoisotopic (exact) mass is 270 g/mol. The van der Waals surface area contributed by atoms with Crippen molar-refractivity contribution in [1.82, 2.24) is 5.32 Å². The van der Waals surface area contributed by atoms with E-state index in [9.17, 15) is 10.1 Å². The van der Waals surface area contributed by atoms with Gasteiger partial charge in [0.2, 0.25) is 0 Å². The zero-order chi connectivity index (χ0) is 13.7. The predicted molar refractivity (Wildman–Crippen MR) is 75.8 cm³/mol. The third-order valence-corrected chi connectivity index (χ3v) is 4.26. The maximum Gasteiger partial charge on any atom is 0.324 e. The molecule has 1 aromatic heterocycles. The highest BCUT2D eigenvalue weighted by atomic mass is 32.1. The quantitative estimate of drug-likeness (QED) is 0.607. The molecular weight excluding hydrogens is 248 g/mol. The van der Waals surface area contributed by atoms with Crippen LogP contribution < -0.4 is 5.32 Å². The van der Waals surface area contributed by atoms with E-state index in [-0.39, 0.29) is 9.92 Å². The van der Waals surface area contributed by atoms with Gasteiger partial charge in [-0.3, -0.25) is 10.1 Å². The maximum atomic E-state index is 10.6. The summed E-state index contributed by atoms with van der Waals surface area (Å²) in [5.74, 6) is 1.94. The summed E-state index contributed by atoms with van der Waals surface area (Å²) < 4.78 is 0. The first kappa shape index (κ1) is 15.1. The van der Waals surface area contributed by atoms with E-state index in [1.807, 2.05) is 6.07 Å². The molecule has 0 aliphatic rings. The lowest BCUT2D eigenvalue weighted by molar-refractivity contribution is -0.380. The third-order valence-electron chi connectivity index (χ3n) is 3.22. The normalized spacial score (nSPS) is 11.7. The van der Waals surface area contributed by atoms with Crippen LogP contribution >= 0.6 is 11.3 Å². The lowest BCUT2D eigenvalue weighted by Gasteiger charge is -2.25. The standard InChI is InChI=1S/C13H22N2O2S/c1-9(2)12(10(3)4)8-14-7-11-5-6-13(18-11)15(16)17/h5-6,9-10,12,14H,7-8H2,1-4H3. The summed E-state index contributed by atoms with van der Waals surface area (Å²) in [6, 6.07) is 3.40. The average molecular weight is 270 g/mol. The Bertz CT molecular complexity index is 380. The molecule has 0 spiro atoms. The Balaban J connectivity index is 2.42. The molecule has 0 atom stereocenters. The van der Waals surface area contributed by atoms with Crippen LogP contribution in [0.15, 0.2) is 12.1 Å². The van der Waals surface area contributed by atoms with Crippen molar-refractivity contribution in [2.45, 2.75) is 34.2 Å². The number of nitro groups is 1. The van der Waals surface area contributed by atoms with Gasteiger partial charge in [-0.05, 0) is 30.4 Å². The Morgan fingerprint density at radius 1 is 1.28 bits per heavy atom. The SMILES string of the molecule is CC(C)C(CNCc1ccc([N+](=O)[O-])s1)C(C)C. The molecule has 4 nitrogen and oxygen atoms in total. The summed E-state index contributed by atoms with van der Waals surface area (Å²) in [6.45, 7) is 10.6. The zero-order valence-electron chi connectivity index (χ0n) is 11.5. The van der Waals surface area contributed by atoms with Gasteiger partial charge in [0.1, 0.15) is 0 Å². The van der Waals surface area contributed by atoms with E-state index >= 15 is 0 Å². The smallest absolute Gasteiger partial charge is 0.312 e. The molecule has 1 aromatic rings. The summed E-state index contributed by atoms with van der Waals surface area (Å²) in [7, 11) is 0. The first-order valence-electron chi connectivity index (χ1n) is 6.35. The summed E-state index contributed by atoms with van der Waals surface area (Å²) in [5, 5.41) is 14.2. The van der Waals surface area contributed by atoms with Crippen molar-refractivity contribution < 1.29 is 4.92 Å². The van der Waals surface area contributed by atoms with E-state index in [1.165, 1.54) is 11.3 Å². The van der Waals surface area contributed by atoms with Crippen molar-refractivity contribution in [2.24, 2.45) is 17.8 Å². The fraction of sp³-hybridized carbons (Fsp3) is 0.692. The van der Waals surface area contributed by atoms with Crippen LogP contribution in [0, 0.1) is 27.9 Å². The van der Waals surface area contributed by atoms with Gasteiger partial charge in [-0.2, -0.15) is 0 Å². The van der Waals surface area contributed by atoms with Gasteiger partial charge < -0.3 is 5.32 Å². The topological polar surface area (TPSA) is 55.2 Å². The molecule has 0 saturated heterocycles. The van der Waals surface area contributed by atoms with Crippen molar-refractivity contribution >= 4 is 16.3 Å². The van der Waals surface area contributed by atoms with Crippen LogP contribution in [0.5, 0.6) is 0 Å². The minimum Gasteiger partial charge on any atom is -0.312 e. The van der Waals surface area contributed by atoms with Gasteiger partial charge in [0.05, 0.1) is 4.92 Å². The molecule has 0 aromatic carbocycles. The van der Waals surface area contributed by atoms with Gasteiger partial charge in [0, 0.05) is 17.5 Å². The van der Waals surface area contributed by atoms with Gasteiger partial charge in [0.15, 0.2) is 0 Å². The second kappa shape index (κ2) is 6.85. The molecular formula is C13H22N2O2S. The van der Waals surface area contributed by atoms with Crippen molar-refractivity contribution in [3.8, 4) is 0 Å². The second-order valence-corrected chi connectivity index (χ2v) is 6.43. The summed E-state index contributed by atoms with van der Waals surface area (Å²) in [5.41, 5.74) is 0. The fourth-order valence-electron chi connectivity index (χ4n) is 2.16. The molecule has 5 heteroatoms. The van der Waals surface area contributed by atoms with Gasteiger partial charge in [0.25, 0.3) is 0 Å². The van der Waals surface area contributed by atoms with Crippen molar-refractivity contribution in [3.05, 3.63) is 27.1 Å². The second-order valence-electron chi connectivity index (χ2n) is 5.28. The number of thiophene rings is 1. The molecule has 0 amide bonds. The van der Waals surface area contributed by atoms with Gasteiger partial charge in [-0.1, -0.05) is 39.0 Å². The van der Waals surface area contributed by atoms with Gasteiger partial charge in [-0.25, -0.2) is 0 Å². The molecule has 1 N–H and O–H groups in total. The Morgan fingerprint density at radius 3 is 2.33 bits per heavy atom. The maximum absolute atomic E-state index is 10.6. The molecule has 1 heterocycles. The third kappa shape index (κ3) is 4.38. The van der Waals surface area contributed by atoms with Crippen LogP contribution in [-0.2, 0) is 6.54 Å². The minimum absolute atomic E-state index is 0.219. The highest BCUT2D eigenvalue weighted by Crippen LogP contribution is 2.24. The number of nitrogens with zero attached hydrogens (tertiary/aromatic N) is 1. The predicted octanol–water partition coefficient (Wildman–Crippen LogP) is 3.67. The summed E-state index contributed by atoms with van der Waals surface area (Å²) >= 11 is 1.25. The molecule has 0 unspecified atom stereocenters. The van der Waals surface area contributed by atoms with Crippen LogP contribution in [0.25, 0.3) is 0 Å². The van der Waals surface area contributed by atoms with E-state index in [1.54, 1.807) is 6.07 Å². The lowest BCUT2D eigenvalue weighted by atomic mass is 9.85. The van der Waals surface area contributed by atoms with Gasteiger partial charge >= 0.3 is 5.00 Å². The highest BCUT2D eigenvalue weighted by molar-refractivity contribution is 7.15. The van der Waals surface area contributed by atoms with Crippen LogP contribution in [0.1, 0.15) is 32.6 Å². The molecule has 0 radical (unpaired) electrons. The Hall–Kier alpha value is -0.940. The minimum atomic E-state index is -0.334. The molecule has 0 fully saturated rings. The Labute approximate surface area is 113 Å². The molecule has 0 saturated carbocycles. The van der Waals surface area contributed by atoms with Crippen molar-refractivity contribution in [1.29, 1.82) is 0 Å². The van der Waals surface area contributed by atoms with Crippen molar-refractivity contribution in [3.63, 3.8) is 0 Å². The molecule has 102 valence electrons. The molecule has 0 aliphatic carbocycles. The van der Waals surface area contributed by atoms with Crippen molar-refractivity contribution in [2.75, 3.05) is 6.54 Å². The number of hydrogen-bond donors (Lipinski definition) is 1. The first-order valence-corrected chi connectivity index (χ1v) is 7.17. The van der Waals surface area contributed by atoms with E-state index in [0.29, 0.717) is 24.3 Å². The van der Waals surface area contributed by atoms with Crippen LogP contribution in [0.4, 0.5) is 5.00 Å². The van der Waals surface area contributed by atoms with Crippen LogP contribution in [-0.4, -0.2) is 11.5 Å². The van der Waals surface area contributed by atoms with E-state index in [0.717, 1.165) is 11.4 Å². The van der Waals surface area contributed by atoms with Crippen LogP contribution in [0.2, 0.25) is 0 Å². The molecule has 1 rings (SSSR count). The molecule has 0 bridgehead atoms. The molecule has 18 heavy (non-hydrogen) atoms. The summed E-state index contributed by atoms with van der Waals surface area (Å²) in [4.78, 5) is 11.3.